The molecular formula is C25H23FN2O2S. The van der Waals surface area contributed by atoms with Crippen molar-refractivity contribution >= 4 is 35.0 Å². The summed E-state index contributed by atoms with van der Waals surface area (Å²) in [5, 5.41) is 2.55. The first-order valence-electron chi connectivity index (χ1n) is 10.1. The monoisotopic (exact) mass is 434 g/mol. The van der Waals surface area contributed by atoms with Gasteiger partial charge in [-0.3, -0.25) is 14.5 Å². The van der Waals surface area contributed by atoms with Crippen molar-refractivity contribution in [1.29, 1.82) is 0 Å². The number of anilines is 2. The second kappa shape index (κ2) is 8.94. The van der Waals surface area contributed by atoms with E-state index in [0.717, 1.165) is 16.8 Å². The van der Waals surface area contributed by atoms with Gasteiger partial charge in [-0.15, -0.1) is 11.8 Å². The van der Waals surface area contributed by atoms with Gasteiger partial charge in [0.2, 0.25) is 5.91 Å². The van der Waals surface area contributed by atoms with Crippen LogP contribution in [0.4, 0.5) is 15.8 Å². The Balaban J connectivity index is 1.71. The second-order valence-corrected chi connectivity index (χ2v) is 8.73. The molecule has 4 nitrogen and oxygen atoms in total. The first kappa shape index (κ1) is 21.1. The molecule has 0 radical (unpaired) electrons. The molecule has 1 heterocycles. The SMILES string of the molecule is CC(C)c1ccccc1N1C(=O)CS[C@H]1c1ccccc1NC(=O)c1ccccc1F. The van der Waals surface area contributed by atoms with Crippen LogP contribution in [0.5, 0.6) is 0 Å². The van der Waals surface area contributed by atoms with E-state index in [-0.39, 0.29) is 22.8 Å². The van der Waals surface area contributed by atoms with Gasteiger partial charge in [-0.25, -0.2) is 4.39 Å². The number of hydrogen-bond donors (Lipinski definition) is 1. The summed E-state index contributed by atoms with van der Waals surface area (Å²) in [7, 11) is 0. The predicted molar refractivity (Wildman–Crippen MR) is 124 cm³/mol. The predicted octanol–water partition coefficient (Wildman–Crippen LogP) is 5.98. The molecule has 31 heavy (non-hydrogen) atoms. The average molecular weight is 435 g/mol. The van der Waals surface area contributed by atoms with Crippen molar-refractivity contribution in [2.45, 2.75) is 25.1 Å². The van der Waals surface area contributed by atoms with E-state index < -0.39 is 11.7 Å². The Morgan fingerprint density at radius 3 is 2.48 bits per heavy atom. The van der Waals surface area contributed by atoms with Crippen LogP contribution in [0.2, 0.25) is 0 Å². The van der Waals surface area contributed by atoms with Crippen molar-refractivity contribution < 1.29 is 14.0 Å². The molecular weight excluding hydrogens is 411 g/mol. The number of nitrogens with zero attached hydrogens (tertiary/aromatic N) is 1. The lowest BCUT2D eigenvalue weighted by molar-refractivity contribution is -0.115. The van der Waals surface area contributed by atoms with Crippen LogP contribution in [-0.4, -0.2) is 17.6 Å². The lowest BCUT2D eigenvalue weighted by atomic mass is 10.00. The number of thioether (sulfide) groups is 1. The molecule has 2 amide bonds. The van der Waals surface area contributed by atoms with Gasteiger partial charge in [-0.05, 0) is 35.7 Å². The maximum absolute atomic E-state index is 14.1. The summed E-state index contributed by atoms with van der Waals surface area (Å²) in [6.07, 6.45) is 0. The van der Waals surface area contributed by atoms with Crippen LogP contribution < -0.4 is 10.2 Å². The van der Waals surface area contributed by atoms with E-state index in [0.29, 0.717) is 11.4 Å². The standard InChI is InChI=1S/C25H23FN2O2S/c1-16(2)17-9-5-8-14-22(17)28-23(29)15-31-25(28)19-11-4-7-13-21(19)27-24(30)18-10-3-6-12-20(18)26/h3-14,16,25H,15H2,1-2H3,(H,27,30)/t25-/m0/s1. The van der Waals surface area contributed by atoms with Crippen LogP contribution in [-0.2, 0) is 4.79 Å². The fourth-order valence-electron chi connectivity index (χ4n) is 3.77. The Bertz CT molecular complexity index is 1130. The van der Waals surface area contributed by atoms with Crippen molar-refractivity contribution in [1.82, 2.24) is 0 Å². The molecule has 1 atom stereocenters. The molecule has 6 heteroatoms. The zero-order chi connectivity index (χ0) is 22.0. The summed E-state index contributed by atoms with van der Waals surface area (Å²) in [6.45, 7) is 4.20. The fourth-order valence-corrected chi connectivity index (χ4v) is 4.98. The lowest BCUT2D eigenvalue weighted by Crippen LogP contribution is -2.29. The summed E-state index contributed by atoms with van der Waals surface area (Å²) in [5.41, 5.74) is 3.33. The lowest BCUT2D eigenvalue weighted by Gasteiger charge is -2.29. The van der Waals surface area contributed by atoms with Crippen LogP contribution in [0.1, 0.15) is 46.6 Å². The van der Waals surface area contributed by atoms with Crippen LogP contribution in [0.15, 0.2) is 72.8 Å². The largest absolute Gasteiger partial charge is 0.322 e. The molecule has 0 aliphatic carbocycles. The summed E-state index contributed by atoms with van der Waals surface area (Å²) < 4.78 is 14.1. The third kappa shape index (κ3) is 4.21. The Morgan fingerprint density at radius 2 is 1.71 bits per heavy atom. The van der Waals surface area contributed by atoms with E-state index in [4.69, 9.17) is 0 Å². The molecule has 0 saturated carbocycles. The van der Waals surface area contributed by atoms with Gasteiger partial charge in [0.1, 0.15) is 11.2 Å². The summed E-state index contributed by atoms with van der Waals surface area (Å²) in [4.78, 5) is 27.4. The Labute approximate surface area is 185 Å². The van der Waals surface area contributed by atoms with Crippen LogP contribution in [0.3, 0.4) is 0 Å². The van der Waals surface area contributed by atoms with Crippen molar-refractivity contribution in [2.75, 3.05) is 16.0 Å². The van der Waals surface area contributed by atoms with Gasteiger partial charge in [-0.2, -0.15) is 0 Å². The molecule has 1 N–H and O–H groups in total. The highest BCUT2D eigenvalue weighted by molar-refractivity contribution is 8.00. The van der Waals surface area contributed by atoms with Gasteiger partial charge in [0.05, 0.1) is 11.3 Å². The smallest absolute Gasteiger partial charge is 0.258 e. The van der Waals surface area contributed by atoms with Gasteiger partial charge < -0.3 is 5.32 Å². The molecule has 1 fully saturated rings. The molecule has 1 saturated heterocycles. The Morgan fingerprint density at radius 1 is 1.03 bits per heavy atom. The van der Waals surface area contributed by atoms with E-state index in [1.165, 1.54) is 23.9 Å². The van der Waals surface area contributed by atoms with E-state index in [2.05, 4.69) is 19.2 Å². The molecule has 4 rings (SSSR count). The van der Waals surface area contributed by atoms with E-state index >= 15 is 0 Å². The second-order valence-electron chi connectivity index (χ2n) is 7.66. The molecule has 1 aliphatic rings. The summed E-state index contributed by atoms with van der Waals surface area (Å²) >= 11 is 1.52. The number of hydrogen-bond acceptors (Lipinski definition) is 3. The van der Waals surface area contributed by atoms with E-state index in [1.807, 2.05) is 47.4 Å². The highest BCUT2D eigenvalue weighted by Gasteiger charge is 2.36. The minimum atomic E-state index is -0.574. The van der Waals surface area contributed by atoms with Gasteiger partial charge in [0.15, 0.2) is 0 Å². The van der Waals surface area contributed by atoms with Crippen LogP contribution in [0, 0.1) is 5.82 Å². The topological polar surface area (TPSA) is 49.4 Å². The van der Waals surface area contributed by atoms with E-state index in [1.54, 1.807) is 18.2 Å². The first-order valence-corrected chi connectivity index (χ1v) is 11.2. The van der Waals surface area contributed by atoms with Crippen molar-refractivity contribution in [3.05, 3.63) is 95.3 Å². The molecule has 1 aliphatic heterocycles. The first-order chi connectivity index (χ1) is 15.0. The van der Waals surface area contributed by atoms with Crippen LogP contribution in [0.25, 0.3) is 0 Å². The minimum absolute atomic E-state index is 0.0190. The van der Waals surface area contributed by atoms with Gasteiger partial charge in [-0.1, -0.05) is 62.4 Å². The zero-order valence-electron chi connectivity index (χ0n) is 17.3. The minimum Gasteiger partial charge on any atom is -0.322 e. The number of rotatable bonds is 5. The van der Waals surface area contributed by atoms with Crippen molar-refractivity contribution in [3.8, 4) is 0 Å². The number of carbonyl (C=O) groups is 2. The van der Waals surface area contributed by atoms with E-state index in [9.17, 15) is 14.0 Å². The third-order valence-electron chi connectivity index (χ3n) is 5.28. The number of nitrogens with one attached hydrogen (secondary N) is 1. The molecule has 3 aromatic rings. The summed E-state index contributed by atoms with van der Waals surface area (Å²) in [6, 6.07) is 21.2. The molecule has 158 valence electrons. The number of carbonyl (C=O) groups excluding carboxylic acids is 2. The number of amides is 2. The molecule has 0 spiro atoms. The summed E-state index contributed by atoms with van der Waals surface area (Å²) in [5.74, 6) is -0.457. The molecule has 0 unspecified atom stereocenters. The fraction of sp³-hybridized carbons (Fsp3) is 0.200. The number of benzene rings is 3. The molecule has 0 bridgehead atoms. The van der Waals surface area contributed by atoms with Crippen molar-refractivity contribution in [2.24, 2.45) is 0 Å². The highest BCUT2D eigenvalue weighted by atomic mass is 32.2. The van der Waals surface area contributed by atoms with Crippen molar-refractivity contribution in [3.63, 3.8) is 0 Å². The number of halogens is 1. The Hall–Kier alpha value is -3.12. The van der Waals surface area contributed by atoms with Crippen LogP contribution >= 0.6 is 11.8 Å². The molecule has 0 aromatic heterocycles. The number of para-hydroxylation sites is 2. The van der Waals surface area contributed by atoms with Gasteiger partial charge in [0.25, 0.3) is 5.91 Å². The quantitative estimate of drug-likeness (QED) is 0.537. The Kier molecular flexibility index (Phi) is 6.09. The molecule has 3 aromatic carbocycles. The van der Waals surface area contributed by atoms with Gasteiger partial charge in [0, 0.05) is 16.9 Å². The maximum Gasteiger partial charge on any atom is 0.258 e. The average Bonchev–Trinajstić information content (AvgIpc) is 3.15. The van der Waals surface area contributed by atoms with Gasteiger partial charge >= 0.3 is 0 Å². The normalized spacial score (nSPS) is 16.1. The third-order valence-corrected chi connectivity index (χ3v) is 6.47. The highest BCUT2D eigenvalue weighted by Crippen LogP contribution is 2.46. The zero-order valence-corrected chi connectivity index (χ0v) is 18.2. The maximum atomic E-state index is 14.1.